The van der Waals surface area contributed by atoms with E-state index in [9.17, 15) is 4.79 Å². The molecule has 2 N–H and O–H groups in total. The molecule has 25 heavy (non-hydrogen) atoms. The molecule has 0 aliphatic rings. The molecule has 2 aromatic heterocycles. The van der Waals surface area contributed by atoms with Crippen molar-refractivity contribution in [1.29, 1.82) is 0 Å². The Kier molecular flexibility index (Phi) is 4.54. The number of benzene rings is 1. The maximum Gasteiger partial charge on any atom is 0.327 e. The Morgan fingerprint density at radius 3 is 2.44 bits per heavy atom. The summed E-state index contributed by atoms with van der Waals surface area (Å²) in [6, 6.07) is 7.27. The normalized spacial score (nSPS) is 11.4. The van der Waals surface area contributed by atoms with Crippen LogP contribution in [0.1, 0.15) is 31.3 Å². The minimum atomic E-state index is -0.451. The summed E-state index contributed by atoms with van der Waals surface area (Å²) >= 11 is 1.49. The van der Waals surface area contributed by atoms with Crippen LogP contribution in [0.25, 0.3) is 11.6 Å². The molecule has 8 heteroatoms. The van der Waals surface area contributed by atoms with Crippen LogP contribution in [0.4, 0.5) is 16.5 Å². The number of aromatic nitrogens is 3. The number of urea groups is 1. The lowest BCUT2D eigenvalue weighted by atomic mass is 9.87. The fourth-order valence-corrected chi connectivity index (χ4v) is 2.74. The molecule has 0 atom stereocenters. The van der Waals surface area contributed by atoms with Crippen LogP contribution in [0.5, 0.6) is 0 Å². The molecule has 2 heterocycles. The van der Waals surface area contributed by atoms with Gasteiger partial charge in [0.15, 0.2) is 0 Å². The van der Waals surface area contributed by atoms with Crippen LogP contribution in [0.15, 0.2) is 34.1 Å². The maximum atomic E-state index is 12.1. The summed E-state index contributed by atoms with van der Waals surface area (Å²) in [5, 5.41) is 15.7. The van der Waals surface area contributed by atoms with Crippen molar-refractivity contribution in [1.82, 2.24) is 15.2 Å². The third-order valence-electron chi connectivity index (χ3n) is 3.49. The predicted octanol–water partition coefficient (Wildman–Crippen LogP) is 4.44. The highest BCUT2D eigenvalue weighted by Crippen LogP contribution is 2.24. The van der Waals surface area contributed by atoms with E-state index in [1.807, 2.05) is 36.6 Å². The summed E-state index contributed by atoms with van der Waals surface area (Å²) in [4.78, 5) is 16.3. The largest absolute Gasteiger partial charge is 0.401 e. The van der Waals surface area contributed by atoms with Crippen LogP contribution in [-0.2, 0) is 5.41 Å². The second kappa shape index (κ2) is 6.64. The zero-order chi connectivity index (χ0) is 18.0. The lowest BCUT2D eigenvalue weighted by molar-refractivity contribution is 0.261. The standard InChI is InChI=1S/C17H19N5O2S/c1-10-18-13(9-25-10)14-21-22-16(24-14)20-15(23)19-12-7-5-11(6-8-12)17(2,3)4/h5-9H,1-4H3,(H2,19,20,22,23). The summed E-state index contributed by atoms with van der Waals surface area (Å²) in [6.07, 6.45) is 0. The minimum Gasteiger partial charge on any atom is -0.401 e. The van der Waals surface area contributed by atoms with Gasteiger partial charge >= 0.3 is 12.0 Å². The van der Waals surface area contributed by atoms with E-state index < -0.39 is 6.03 Å². The van der Waals surface area contributed by atoms with Gasteiger partial charge in [-0.05, 0) is 30.0 Å². The SMILES string of the molecule is Cc1nc(-c2nnc(NC(=O)Nc3ccc(C(C)(C)C)cc3)o2)cs1. The fourth-order valence-electron chi connectivity index (χ4n) is 2.15. The Morgan fingerprint density at radius 2 is 1.84 bits per heavy atom. The predicted molar refractivity (Wildman–Crippen MR) is 97.9 cm³/mol. The average molecular weight is 357 g/mol. The molecule has 2 amide bonds. The van der Waals surface area contributed by atoms with Gasteiger partial charge in [-0.1, -0.05) is 38.0 Å². The third-order valence-corrected chi connectivity index (χ3v) is 4.27. The number of anilines is 2. The number of hydrogen-bond acceptors (Lipinski definition) is 6. The minimum absolute atomic E-state index is 0.0180. The zero-order valence-corrected chi connectivity index (χ0v) is 15.3. The number of aryl methyl sites for hydroxylation is 1. The Bertz CT molecular complexity index is 877. The molecule has 0 spiro atoms. The van der Waals surface area contributed by atoms with Crippen molar-refractivity contribution < 1.29 is 9.21 Å². The van der Waals surface area contributed by atoms with E-state index in [2.05, 4.69) is 46.6 Å². The maximum absolute atomic E-state index is 12.1. The second-order valence-electron chi connectivity index (χ2n) is 6.57. The number of carbonyl (C=O) groups is 1. The van der Waals surface area contributed by atoms with E-state index >= 15 is 0 Å². The van der Waals surface area contributed by atoms with Gasteiger partial charge in [-0.2, -0.15) is 0 Å². The molecule has 1 aromatic carbocycles. The van der Waals surface area contributed by atoms with E-state index in [0.29, 0.717) is 11.4 Å². The molecule has 0 bridgehead atoms. The lowest BCUT2D eigenvalue weighted by Gasteiger charge is -2.19. The number of amides is 2. The smallest absolute Gasteiger partial charge is 0.327 e. The highest BCUT2D eigenvalue weighted by atomic mass is 32.1. The Hall–Kier alpha value is -2.74. The quantitative estimate of drug-likeness (QED) is 0.723. The average Bonchev–Trinajstić information content (AvgIpc) is 3.15. The lowest BCUT2D eigenvalue weighted by Crippen LogP contribution is -2.19. The van der Waals surface area contributed by atoms with Crippen molar-refractivity contribution in [3.05, 3.63) is 40.2 Å². The molecule has 0 saturated heterocycles. The topological polar surface area (TPSA) is 92.9 Å². The molecule has 7 nitrogen and oxygen atoms in total. The number of carbonyl (C=O) groups excluding carboxylic acids is 1. The van der Waals surface area contributed by atoms with Crippen LogP contribution in [0, 0.1) is 6.92 Å². The summed E-state index contributed by atoms with van der Waals surface area (Å²) in [5.41, 5.74) is 2.54. The van der Waals surface area contributed by atoms with Crippen LogP contribution < -0.4 is 10.6 Å². The molecular formula is C17H19N5O2S. The van der Waals surface area contributed by atoms with E-state index in [4.69, 9.17) is 4.42 Å². The highest BCUT2D eigenvalue weighted by molar-refractivity contribution is 7.09. The Labute approximate surface area is 149 Å². The van der Waals surface area contributed by atoms with E-state index in [1.54, 1.807) is 0 Å². The van der Waals surface area contributed by atoms with Gasteiger partial charge in [0.25, 0.3) is 5.89 Å². The first kappa shape index (κ1) is 17.1. The van der Waals surface area contributed by atoms with Crippen molar-refractivity contribution in [2.45, 2.75) is 33.1 Å². The first-order valence-corrected chi connectivity index (χ1v) is 8.64. The van der Waals surface area contributed by atoms with E-state index in [0.717, 1.165) is 5.01 Å². The number of nitrogens with one attached hydrogen (secondary N) is 2. The second-order valence-corrected chi connectivity index (χ2v) is 7.63. The Balaban J connectivity index is 1.62. The molecule has 0 aliphatic carbocycles. The number of thiazole rings is 1. The molecular weight excluding hydrogens is 338 g/mol. The molecule has 0 saturated carbocycles. The summed E-state index contributed by atoms with van der Waals surface area (Å²) in [7, 11) is 0. The monoisotopic (exact) mass is 357 g/mol. The summed E-state index contributed by atoms with van der Waals surface area (Å²) in [6.45, 7) is 8.31. The van der Waals surface area contributed by atoms with Gasteiger partial charge in [-0.15, -0.1) is 16.4 Å². The van der Waals surface area contributed by atoms with Crippen LogP contribution in [0.3, 0.4) is 0 Å². The van der Waals surface area contributed by atoms with E-state index in [-0.39, 0.29) is 17.3 Å². The van der Waals surface area contributed by atoms with Gasteiger partial charge in [0.1, 0.15) is 5.69 Å². The summed E-state index contributed by atoms with van der Waals surface area (Å²) in [5.74, 6) is 0.272. The van der Waals surface area contributed by atoms with E-state index in [1.165, 1.54) is 16.9 Å². The van der Waals surface area contributed by atoms with Crippen molar-refractivity contribution in [2.24, 2.45) is 0 Å². The molecule has 3 rings (SSSR count). The third kappa shape index (κ3) is 4.21. The number of rotatable bonds is 3. The number of nitrogens with zero attached hydrogens (tertiary/aromatic N) is 3. The zero-order valence-electron chi connectivity index (χ0n) is 14.5. The van der Waals surface area contributed by atoms with Crippen molar-refractivity contribution in [3.63, 3.8) is 0 Å². The molecule has 0 aliphatic heterocycles. The van der Waals surface area contributed by atoms with Crippen molar-refractivity contribution in [3.8, 4) is 11.6 Å². The highest BCUT2D eigenvalue weighted by Gasteiger charge is 2.15. The Morgan fingerprint density at radius 1 is 1.12 bits per heavy atom. The van der Waals surface area contributed by atoms with Crippen LogP contribution in [0.2, 0.25) is 0 Å². The molecule has 3 aromatic rings. The fraction of sp³-hybridized carbons (Fsp3) is 0.294. The van der Waals surface area contributed by atoms with Gasteiger partial charge in [-0.25, -0.2) is 9.78 Å². The van der Waals surface area contributed by atoms with Crippen molar-refractivity contribution >= 4 is 29.1 Å². The molecule has 0 unspecified atom stereocenters. The number of hydrogen-bond donors (Lipinski definition) is 2. The van der Waals surface area contributed by atoms with Crippen LogP contribution >= 0.6 is 11.3 Å². The molecule has 0 fully saturated rings. The molecule has 0 radical (unpaired) electrons. The van der Waals surface area contributed by atoms with Gasteiger partial charge in [0.05, 0.1) is 5.01 Å². The van der Waals surface area contributed by atoms with Crippen molar-refractivity contribution in [2.75, 3.05) is 10.6 Å². The van der Waals surface area contributed by atoms with Gasteiger partial charge in [0, 0.05) is 11.1 Å². The van der Waals surface area contributed by atoms with Gasteiger partial charge in [0.2, 0.25) is 0 Å². The first-order valence-electron chi connectivity index (χ1n) is 7.76. The molecule has 130 valence electrons. The van der Waals surface area contributed by atoms with Gasteiger partial charge < -0.3 is 9.73 Å². The van der Waals surface area contributed by atoms with Gasteiger partial charge in [-0.3, -0.25) is 5.32 Å². The summed E-state index contributed by atoms with van der Waals surface area (Å²) < 4.78 is 5.41. The van der Waals surface area contributed by atoms with Crippen LogP contribution in [-0.4, -0.2) is 21.2 Å². The first-order chi connectivity index (χ1) is 11.8.